The van der Waals surface area contributed by atoms with Gasteiger partial charge in [0.1, 0.15) is 14.9 Å². The normalized spacial score (nSPS) is 12.7. The zero-order valence-electron chi connectivity index (χ0n) is 19.3. The number of benzene rings is 2. The van der Waals surface area contributed by atoms with Crippen LogP contribution in [0, 0.1) is 10.1 Å². The maximum Gasteiger partial charge on any atom is 1.00 e. The molecule has 0 saturated carbocycles. The fourth-order valence-corrected chi connectivity index (χ4v) is 6.01. The standard InChI is InChI=1S/C24H17N4O5S2.Na/c1-27-14-17-10-15(6-7-19(17)24(27)29)21-8-9-22(34-21)16-11-18(13-25-12-16)26-35(32,33)23-5-3-2-4-20(23)28(30)31;/h2-13H,14H2,1H3;/q-1;+1. The predicted octanol–water partition coefficient (Wildman–Crippen LogP) is 2.37. The van der Waals surface area contributed by atoms with Crippen molar-refractivity contribution in [1.82, 2.24) is 9.88 Å². The number of sulfonamides is 1. The zero-order chi connectivity index (χ0) is 24.7. The number of fused-ring (bicyclic) bond motifs is 1. The van der Waals surface area contributed by atoms with Gasteiger partial charge in [-0.2, -0.15) is 0 Å². The molecule has 3 heterocycles. The van der Waals surface area contributed by atoms with Crippen molar-refractivity contribution in [3.8, 4) is 20.9 Å². The van der Waals surface area contributed by atoms with Crippen LogP contribution >= 0.6 is 11.3 Å². The second kappa shape index (κ2) is 10.1. The number of pyridine rings is 1. The third-order valence-electron chi connectivity index (χ3n) is 5.55. The molecule has 2 aromatic heterocycles. The van der Waals surface area contributed by atoms with Gasteiger partial charge < -0.3 is 9.62 Å². The largest absolute Gasteiger partial charge is 1.00 e. The molecule has 2 aromatic carbocycles. The number of carbonyl (C=O) groups is 1. The SMILES string of the molecule is CN1Cc2cc(-c3ccc(-c4cncc([N-]S(=O)(=O)c5ccccc5[N+](=O)[O-])c4)s3)ccc2C1=O.[Na+]. The van der Waals surface area contributed by atoms with Crippen LogP contribution < -0.4 is 29.6 Å². The van der Waals surface area contributed by atoms with E-state index >= 15 is 0 Å². The van der Waals surface area contributed by atoms with Crippen LogP contribution in [0.4, 0.5) is 11.4 Å². The Hall–Kier alpha value is -3.09. The van der Waals surface area contributed by atoms with Crippen molar-refractivity contribution in [2.75, 3.05) is 7.05 Å². The average Bonchev–Trinajstić information content (AvgIpc) is 3.44. The fraction of sp³-hybridized carbons (Fsp3) is 0.0833. The maximum atomic E-state index is 12.8. The Bertz CT molecular complexity index is 1600. The number of aromatic nitrogens is 1. The van der Waals surface area contributed by atoms with E-state index in [1.54, 1.807) is 24.2 Å². The number of para-hydroxylation sites is 1. The van der Waals surface area contributed by atoms with Gasteiger partial charge in [0, 0.05) is 52.9 Å². The fourth-order valence-electron chi connectivity index (χ4n) is 3.89. The van der Waals surface area contributed by atoms with Gasteiger partial charge in [-0.25, -0.2) is 8.42 Å². The molecule has 0 bridgehead atoms. The molecule has 0 fully saturated rings. The van der Waals surface area contributed by atoms with Crippen LogP contribution in [0.2, 0.25) is 0 Å². The van der Waals surface area contributed by atoms with Crippen LogP contribution in [0.15, 0.2) is 78.0 Å². The van der Waals surface area contributed by atoms with E-state index in [2.05, 4.69) is 9.71 Å². The van der Waals surface area contributed by atoms with Crippen LogP contribution in [0.3, 0.4) is 0 Å². The first-order valence-corrected chi connectivity index (χ1v) is 12.6. The monoisotopic (exact) mass is 528 g/mol. The number of carbonyl (C=O) groups excluding carboxylic acids is 1. The van der Waals surface area contributed by atoms with Crippen LogP contribution in [0.5, 0.6) is 0 Å². The minimum absolute atomic E-state index is 0. The Morgan fingerprint density at radius 2 is 1.75 bits per heavy atom. The van der Waals surface area contributed by atoms with Crippen LogP contribution in [0.1, 0.15) is 15.9 Å². The summed E-state index contributed by atoms with van der Waals surface area (Å²) in [6.07, 6.45) is 2.89. The molecule has 36 heavy (non-hydrogen) atoms. The Morgan fingerprint density at radius 3 is 2.50 bits per heavy atom. The molecular formula is C24H17N4NaO5S2. The van der Waals surface area contributed by atoms with Gasteiger partial charge in [0.05, 0.1) is 4.92 Å². The second-order valence-corrected chi connectivity index (χ2v) is 10.6. The van der Waals surface area contributed by atoms with Crippen molar-refractivity contribution in [3.05, 3.63) is 99.0 Å². The molecule has 1 aliphatic rings. The molecule has 12 heteroatoms. The summed E-state index contributed by atoms with van der Waals surface area (Å²) in [6.45, 7) is 0.571. The molecule has 0 spiro atoms. The van der Waals surface area contributed by atoms with Crippen LogP contribution in [0.25, 0.3) is 25.6 Å². The summed E-state index contributed by atoms with van der Waals surface area (Å²) < 4.78 is 29.3. The molecule has 1 amide bonds. The van der Waals surface area contributed by atoms with Gasteiger partial charge in [-0.3, -0.25) is 19.9 Å². The smallest absolute Gasteiger partial charge is 0.571 e. The van der Waals surface area contributed by atoms with Gasteiger partial charge in [-0.1, -0.05) is 24.3 Å². The number of nitro groups is 1. The van der Waals surface area contributed by atoms with Crippen molar-refractivity contribution in [1.29, 1.82) is 0 Å². The molecule has 0 aliphatic carbocycles. The Morgan fingerprint density at radius 1 is 1.03 bits per heavy atom. The topological polar surface area (TPSA) is 125 Å². The Balaban J connectivity index is 0.00000304. The number of hydrogen-bond donors (Lipinski definition) is 0. The van der Waals surface area contributed by atoms with Crippen molar-refractivity contribution in [3.63, 3.8) is 0 Å². The number of nitrogens with zero attached hydrogens (tertiary/aromatic N) is 4. The van der Waals surface area contributed by atoms with E-state index in [1.807, 2.05) is 30.3 Å². The summed E-state index contributed by atoms with van der Waals surface area (Å²) in [6, 6.07) is 16.3. The number of thiophene rings is 1. The van der Waals surface area contributed by atoms with Crippen molar-refractivity contribution < 1.29 is 47.7 Å². The van der Waals surface area contributed by atoms with E-state index in [0.717, 1.165) is 33.0 Å². The van der Waals surface area contributed by atoms with Gasteiger partial charge in [-0.15, -0.1) is 17.0 Å². The van der Waals surface area contributed by atoms with Gasteiger partial charge in [0.2, 0.25) is 0 Å². The van der Waals surface area contributed by atoms with E-state index in [0.29, 0.717) is 17.7 Å². The van der Waals surface area contributed by atoms with Crippen molar-refractivity contribution in [2.45, 2.75) is 11.4 Å². The molecular weight excluding hydrogens is 511 g/mol. The molecule has 0 unspecified atom stereocenters. The summed E-state index contributed by atoms with van der Waals surface area (Å²) in [5.74, 6) is 0.0147. The van der Waals surface area contributed by atoms with E-state index in [9.17, 15) is 23.3 Å². The van der Waals surface area contributed by atoms with Crippen molar-refractivity contribution in [2.24, 2.45) is 0 Å². The predicted molar refractivity (Wildman–Crippen MR) is 132 cm³/mol. The quantitative estimate of drug-likeness (QED) is 0.215. The Labute approximate surface area is 233 Å². The summed E-state index contributed by atoms with van der Waals surface area (Å²) >= 11 is 1.50. The first kappa shape index (κ1) is 26.0. The molecule has 0 radical (unpaired) electrons. The van der Waals surface area contributed by atoms with E-state index in [1.165, 1.54) is 29.7 Å². The molecule has 5 rings (SSSR count). The summed E-state index contributed by atoms with van der Waals surface area (Å²) in [5, 5.41) is 11.2. The maximum absolute atomic E-state index is 12.8. The number of nitro benzene ring substituents is 1. The summed E-state index contributed by atoms with van der Waals surface area (Å²) in [4.78, 5) is 29.8. The van der Waals surface area contributed by atoms with E-state index in [-0.39, 0.29) is 41.2 Å². The summed E-state index contributed by atoms with van der Waals surface area (Å²) in [5.41, 5.74) is 2.87. The van der Waals surface area contributed by atoms with Gasteiger partial charge in [0.15, 0.2) is 0 Å². The summed E-state index contributed by atoms with van der Waals surface area (Å²) in [7, 11) is -2.56. The number of amides is 1. The molecule has 176 valence electrons. The van der Waals surface area contributed by atoms with Crippen LogP contribution in [-0.4, -0.2) is 36.2 Å². The van der Waals surface area contributed by atoms with E-state index in [4.69, 9.17) is 0 Å². The molecule has 0 N–H and O–H groups in total. The first-order chi connectivity index (χ1) is 16.7. The van der Waals surface area contributed by atoms with E-state index < -0.39 is 25.5 Å². The third kappa shape index (κ3) is 4.93. The Kier molecular flexibility index (Phi) is 7.30. The molecule has 9 nitrogen and oxygen atoms in total. The zero-order valence-corrected chi connectivity index (χ0v) is 22.9. The van der Waals surface area contributed by atoms with Crippen LogP contribution in [-0.2, 0) is 16.6 Å². The van der Waals surface area contributed by atoms with Gasteiger partial charge >= 0.3 is 29.6 Å². The molecule has 1 aliphatic heterocycles. The number of rotatable bonds is 6. The van der Waals surface area contributed by atoms with Gasteiger partial charge in [-0.05, 0) is 41.5 Å². The molecule has 0 saturated heterocycles. The average molecular weight is 529 g/mol. The minimum Gasteiger partial charge on any atom is -0.571 e. The third-order valence-corrected chi connectivity index (χ3v) is 8.09. The van der Waals surface area contributed by atoms with Crippen molar-refractivity contribution >= 4 is 38.6 Å². The second-order valence-electron chi connectivity index (χ2n) is 7.92. The number of hydrogen-bond acceptors (Lipinski definition) is 7. The van der Waals surface area contributed by atoms with Gasteiger partial charge in [0.25, 0.3) is 11.6 Å². The molecule has 0 atom stereocenters. The minimum atomic E-state index is -4.33. The first-order valence-electron chi connectivity index (χ1n) is 10.4. The molecule has 4 aromatic rings.